The first-order valence-corrected chi connectivity index (χ1v) is 5.27. The van der Waals surface area contributed by atoms with E-state index in [2.05, 4.69) is 15.1 Å². The number of aromatic amines is 1. The number of nitrogens with one attached hydrogen (secondary N) is 1. The quantitative estimate of drug-likeness (QED) is 0.311. The summed E-state index contributed by atoms with van der Waals surface area (Å²) < 4.78 is 0. The molecular weight excluding hydrogens is 246 g/mol. The number of oxime groups is 1. The van der Waals surface area contributed by atoms with Crippen molar-refractivity contribution < 1.29 is 5.21 Å². The summed E-state index contributed by atoms with van der Waals surface area (Å²) in [5, 5.41) is 11.5. The van der Waals surface area contributed by atoms with Gasteiger partial charge in [-0.3, -0.25) is 4.79 Å². The number of anilines is 1. The van der Waals surface area contributed by atoms with Crippen molar-refractivity contribution in [1.82, 2.24) is 9.97 Å². The molecule has 0 amide bonds. The van der Waals surface area contributed by atoms with Crippen molar-refractivity contribution >= 4 is 23.3 Å². The average Bonchev–Trinajstić information content (AvgIpc) is 2.31. The first-order chi connectivity index (χ1) is 7.97. The maximum atomic E-state index is 11.3. The van der Waals surface area contributed by atoms with Crippen molar-refractivity contribution in [2.75, 3.05) is 18.5 Å². The zero-order valence-electron chi connectivity index (χ0n) is 9.51. The van der Waals surface area contributed by atoms with Gasteiger partial charge in [0.2, 0.25) is 0 Å². The Bertz CT molecular complexity index is 473. The van der Waals surface area contributed by atoms with Crippen LogP contribution in [0.3, 0.4) is 0 Å². The molecule has 94 valence electrons. The summed E-state index contributed by atoms with van der Waals surface area (Å²) in [6, 6.07) is 0. The number of nitrogens with two attached hydrogens (primary N) is 1. The minimum Gasteiger partial charge on any atom is -0.409 e. The Morgan fingerprint density at radius 3 is 3.06 bits per heavy atom. The van der Waals surface area contributed by atoms with Crippen molar-refractivity contribution in [3.05, 3.63) is 21.7 Å². The molecule has 1 rings (SSSR count). The van der Waals surface area contributed by atoms with Crippen LogP contribution in [0.2, 0.25) is 5.02 Å². The maximum absolute atomic E-state index is 11.3. The first kappa shape index (κ1) is 13.3. The molecule has 0 fully saturated rings. The zero-order chi connectivity index (χ0) is 13.0. The minimum atomic E-state index is -0.403. The first-order valence-electron chi connectivity index (χ1n) is 4.89. The topological polar surface area (TPSA) is 108 Å². The van der Waals surface area contributed by atoms with Crippen LogP contribution in [-0.4, -0.2) is 34.6 Å². The van der Waals surface area contributed by atoms with E-state index < -0.39 is 5.56 Å². The molecule has 0 aromatic carbocycles. The van der Waals surface area contributed by atoms with Gasteiger partial charge in [-0.05, 0) is 0 Å². The van der Waals surface area contributed by atoms with Crippen LogP contribution in [0.1, 0.15) is 6.92 Å². The van der Waals surface area contributed by atoms with E-state index in [0.29, 0.717) is 12.4 Å². The minimum absolute atomic E-state index is 0.0155. The summed E-state index contributed by atoms with van der Waals surface area (Å²) in [5.74, 6) is 0.271. The molecular formula is C9H14ClN5O2. The highest BCUT2D eigenvalue weighted by molar-refractivity contribution is 6.32. The summed E-state index contributed by atoms with van der Waals surface area (Å²) in [6.45, 7) is 2.21. The third-order valence-electron chi connectivity index (χ3n) is 2.31. The molecule has 1 aromatic rings. The van der Waals surface area contributed by atoms with Crippen LogP contribution in [0.15, 0.2) is 16.3 Å². The van der Waals surface area contributed by atoms with Gasteiger partial charge in [-0.15, -0.1) is 0 Å². The van der Waals surface area contributed by atoms with Crippen molar-refractivity contribution in [2.45, 2.75) is 6.92 Å². The molecule has 0 aliphatic carbocycles. The van der Waals surface area contributed by atoms with Gasteiger partial charge in [0.1, 0.15) is 10.9 Å². The van der Waals surface area contributed by atoms with Gasteiger partial charge in [0.15, 0.2) is 5.82 Å². The molecule has 0 aliphatic rings. The Morgan fingerprint density at radius 1 is 1.82 bits per heavy atom. The lowest BCUT2D eigenvalue weighted by atomic mass is 10.1. The summed E-state index contributed by atoms with van der Waals surface area (Å²) in [7, 11) is 1.72. The molecule has 0 bridgehead atoms. The Balaban J connectivity index is 2.87. The molecule has 8 heteroatoms. The second-order valence-electron chi connectivity index (χ2n) is 3.68. The van der Waals surface area contributed by atoms with Gasteiger partial charge in [-0.1, -0.05) is 23.7 Å². The number of amidine groups is 1. The van der Waals surface area contributed by atoms with E-state index in [9.17, 15) is 4.79 Å². The van der Waals surface area contributed by atoms with Crippen molar-refractivity contribution in [3.63, 3.8) is 0 Å². The van der Waals surface area contributed by atoms with E-state index in [1.165, 1.54) is 6.33 Å². The Hall–Kier alpha value is -1.76. The van der Waals surface area contributed by atoms with E-state index in [-0.39, 0.29) is 16.8 Å². The molecule has 0 radical (unpaired) electrons. The molecule has 1 heterocycles. The van der Waals surface area contributed by atoms with Crippen LogP contribution >= 0.6 is 11.6 Å². The molecule has 4 N–H and O–H groups in total. The fraction of sp³-hybridized carbons (Fsp3) is 0.444. The highest BCUT2D eigenvalue weighted by atomic mass is 35.5. The normalized spacial score (nSPS) is 13.5. The molecule has 0 saturated heterocycles. The Labute approximate surface area is 103 Å². The Morgan fingerprint density at radius 2 is 2.47 bits per heavy atom. The van der Waals surface area contributed by atoms with E-state index in [1.807, 2.05) is 0 Å². The number of nitrogens with zero attached hydrogens (tertiary/aromatic N) is 3. The standard InChI is InChI=1S/C9H14ClN5O2/c1-5(7(11)14-17)3-15(2)8-6(10)9(16)13-4-12-8/h4-5,17H,3H2,1-2H3,(H2,11,14)(H,12,13,16). The van der Waals surface area contributed by atoms with Crippen LogP contribution in [-0.2, 0) is 0 Å². The second kappa shape index (κ2) is 5.53. The van der Waals surface area contributed by atoms with Gasteiger partial charge in [0.05, 0.1) is 6.33 Å². The number of H-pyrrole nitrogens is 1. The van der Waals surface area contributed by atoms with E-state index in [1.54, 1.807) is 18.9 Å². The van der Waals surface area contributed by atoms with Crippen LogP contribution < -0.4 is 16.2 Å². The largest absolute Gasteiger partial charge is 0.409 e. The summed E-state index contributed by atoms with van der Waals surface area (Å²) in [4.78, 5) is 19.3. The average molecular weight is 260 g/mol. The Kier molecular flexibility index (Phi) is 4.33. The van der Waals surface area contributed by atoms with E-state index in [4.69, 9.17) is 22.5 Å². The highest BCUT2D eigenvalue weighted by Gasteiger charge is 2.15. The van der Waals surface area contributed by atoms with Gasteiger partial charge in [0, 0.05) is 19.5 Å². The third kappa shape index (κ3) is 3.10. The predicted octanol–water partition coefficient (Wildman–Crippen LogP) is 0.242. The number of aromatic nitrogens is 2. The van der Waals surface area contributed by atoms with Crippen LogP contribution in [0.5, 0.6) is 0 Å². The van der Waals surface area contributed by atoms with Crippen LogP contribution in [0.25, 0.3) is 0 Å². The molecule has 0 saturated carbocycles. The molecule has 7 nitrogen and oxygen atoms in total. The molecule has 1 atom stereocenters. The van der Waals surface area contributed by atoms with E-state index >= 15 is 0 Å². The number of hydrogen-bond acceptors (Lipinski definition) is 5. The van der Waals surface area contributed by atoms with Crippen molar-refractivity contribution in [3.8, 4) is 0 Å². The lowest BCUT2D eigenvalue weighted by molar-refractivity contribution is 0.314. The summed E-state index contributed by atoms with van der Waals surface area (Å²) >= 11 is 5.83. The lowest BCUT2D eigenvalue weighted by Gasteiger charge is -2.21. The third-order valence-corrected chi connectivity index (χ3v) is 2.65. The number of hydrogen-bond donors (Lipinski definition) is 3. The molecule has 17 heavy (non-hydrogen) atoms. The summed E-state index contributed by atoms with van der Waals surface area (Å²) in [6.07, 6.45) is 1.27. The monoisotopic (exact) mass is 259 g/mol. The molecule has 0 aliphatic heterocycles. The molecule has 1 unspecified atom stereocenters. The van der Waals surface area contributed by atoms with Gasteiger partial charge in [0.25, 0.3) is 5.56 Å². The lowest BCUT2D eigenvalue weighted by Crippen LogP contribution is -2.33. The van der Waals surface area contributed by atoms with Crippen LogP contribution in [0.4, 0.5) is 5.82 Å². The van der Waals surface area contributed by atoms with Gasteiger partial charge in [-0.25, -0.2) is 4.98 Å². The van der Waals surface area contributed by atoms with Gasteiger partial charge in [-0.2, -0.15) is 0 Å². The fourth-order valence-electron chi connectivity index (χ4n) is 1.33. The van der Waals surface area contributed by atoms with Crippen molar-refractivity contribution in [1.29, 1.82) is 0 Å². The number of rotatable bonds is 4. The van der Waals surface area contributed by atoms with Gasteiger partial charge < -0.3 is 20.8 Å². The van der Waals surface area contributed by atoms with Crippen molar-refractivity contribution in [2.24, 2.45) is 16.8 Å². The fourth-order valence-corrected chi connectivity index (χ4v) is 1.58. The zero-order valence-corrected chi connectivity index (χ0v) is 10.3. The van der Waals surface area contributed by atoms with Crippen LogP contribution in [0, 0.1) is 5.92 Å². The summed E-state index contributed by atoms with van der Waals surface area (Å²) in [5.41, 5.74) is 5.06. The number of halogens is 1. The highest BCUT2D eigenvalue weighted by Crippen LogP contribution is 2.17. The smallest absolute Gasteiger partial charge is 0.271 e. The second-order valence-corrected chi connectivity index (χ2v) is 4.05. The molecule has 1 aromatic heterocycles. The molecule has 0 spiro atoms. The SMILES string of the molecule is CC(CN(C)c1nc[nH]c(=O)c1Cl)C(N)=NO. The van der Waals surface area contributed by atoms with Gasteiger partial charge >= 0.3 is 0 Å². The maximum Gasteiger partial charge on any atom is 0.271 e. The predicted molar refractivity (Wildman–Crippen MR) is 65.7 cm³/mol. The van der Waals surface area contributed by atoms with E-state index in [0.717, 1.165) is 0 Å².